The first-order chi connectivity index (χ1) is 8.82. The van der Waals surface area contributed by atoms with Crippen molar-refractivity contribution in [3.05, 3.63) is 16.7 Å². The average Bonchev–Trinajstić information content (AvgIpc) is 2.37. The van der Waals surface area contributed by atoms with Crippen molar-refractivity contribution in [3.8, 4) is 0 Å². The van der Waals surface area contributed by atoms with Gasteiger partial charge in [0.15, 0.2) is 0 Å². The first-order valence-corrected chi connectivity index (χ1v) is 8.47. The summed E-state index contributed by atoms with van der Waals surface area (Å²) in [4.78, 5) is 3.95. The van der Waals surface area contributed by atoms with Gasteiger partial charge in [-0.15, -0.1) is 0 Å². The number of halogens is 1. The van der Waals surface area contributed by atoms with E-state index in [-0.39, 0.29) is 10.7 Å². The second-order valence-electron chi connectivity index (χ2n) is 4.51. The van der Waals surface area contributed by atoms with E-state index in [4.69, 9.17) is 5.73 Å². The van der Waals surface area contributed by atoms with E-state index in [2.05, 4.69) is 20.9 Å². The molecule has 108 valence electrons. The minimum Gasteiger partial charge on any atom is -0.383 e. The average molecular weight is 350 g/mol. The van der Waals surface area contributed by atoms with Crippen molar-refractivity contribution in [1.82, 2.24) is 9.29 Å². The predicted molar refractivity (Wildman–Crippen MR) is 80.2 cm³/mol. The van der Waals surface area contributed by atoms with Gasteiger partial charge in [0.2, 0.25) is 10.0 Å². The van der Waals surface area contributed by atoms with Gasteiger partial charge in [0, 0.05) is 23.8 Å². The molecule has 5 nitrogen and oxygen atoms in total. The number of hydrogen-bond acceptors (Lipinski definition) is 4. The van der Waals surface area contributed by atoms with Crippen LogP contribution in [0, 0.1) is 5.92 Å². The number of rotatable bonds is 6. The van der Waals surface area contributed by atoms with E-state index in [1.165, 1.54) is 16.6 Å². The Bertz CT molecular complexity index is 534. The molecule has 0 saturated carbocycles. The van der Waals surface area contributed by atoms with Gasteiger partial charge in [-0.05, 0) is 27.9 Å². The third kappa shape index (κ3) is 3.90. The monoisotopic (exact) mass is 349 g/mol. The summed E-state index contributed by atoms with van der Waals surface area (Å²) in [7, 11) is -3.59. The minimum absolute atomic E-state index is 0.0331. The van der Waals surface area contributed by atoms with Crippen LogP contribution in [0.5, 0.6) is 0 Å². The first-order valence-electron chi connectivity index (χ1n) is 6.24. The topological polar surface area (TPSA) is 76.3 Å². The van der Waals surface area contributed by atoms with Crippen molar-refractivity contribution < 1.29 is 8.42 Å². The Labute approximate surface area is 123 Å². The highest BCUT2D eigenvalue weighted by molar-refractivity contribution is 9.10. The second-order valence-corrected chi connectivity index (χ2v) is 7.33. The van der Waals surface area contributed by atoms with Crippen LogP contribution in [0.4, 0.5) is 5.82 Å². The maximum Gasteiger partial charge on any atom is 0.246 e. The van der Waals surface area contributed by atoms with E-state index in [0.717, 1.165) is 6.42 Å². The molecule has 0 bridgehead atoms. The highest BCUT2D eigenvalue weighted by atomic mass is 79.9. The lowest BCUT2D eigenvalue weighted by Crippen LogP contribution is -2.35. The van der Waals surface area contributed by atoms with E-state index >= 15 is 0 Å². The Morgan fingerprint density at radius 3 is 2.63 bits per heavy atom. The van der Waals surface area contributed by atoms with Crippen molar-refractivity contribution in [2.24, 2.45) is 5.92 Å². The van der Waals surface area contributed by atoms with E-state index in [0.29, 0.717) is 23.5 Å². The molecule has 0 aromatic carbocycles. The molecule has 1 rings (SSSR count). The predicted octanol–water partition coefficient (Wildman–Crippen LogP) is 2.48. The van der Waals surface area contributed by atoms with Crippen LogP contribution in [0.15, 0.2) is 21.6 Å². The molecule has 0 aliphatic heterocycles. The standard InChI is InChI=1S/C12H20BrN3O2S/c1-4-9(3)8-16(5-2)19(17,18)11-6-10(13)7-15-12(11)14/h6-7,9H,4-5,8H2,1-3H3,(H2,14,15). The maximum absolute atomic E-state index is 12.6. The number of nitrogens with zero attached hydrogens (tertiary/aromatic N) is 2. The zero-order valence-electron chi connectivity index (χ0n) is 11.4. The van der Waals surface area contributed by atoms with Gasteiger partial charge < -0.3 is 5.73 Å². The number of anilines is 1. The Kier molecular flexibility index (Phi) is 5.76. The molecule has 1 aromatic heterocycles. The lowest BCUT2D eigenvalue weighted by Gasteiger charge is -2.23. The van der Waals surface area contributed by atoms with Gasteiger partial charge in [-0.25, -0.2) is 13.4 Å². The number of hydrogen-bond donors (Lipinski definition) is 1. The summed E-state index contributed by atoms with van der Waals surface area (Å²) in [5, 5.41) is 0. The Balaban J connectivity index is 3.17. The van der Waals surface area contributed by atoms with Crippen molar-refractivity contribution >= 4 is 31.8 Å². The molecule has 1 atom stereocenters. The number of aromatic nitrogens is 1. The van der Waals surface area contributed by atoms with Crippen LogP contribution in [0.25, 0.3) is 0 Å². The molecule has 19 heavy (non-hydrogen) atoms. The second kappa shape index (κ2) is 6.67. The van der Waals surface area contributed by atoms with E-state index < -0.39 is 10.0 Å². The van der Waals surface area contributed by atoms with Gasteiger partial charge in [0.25, 0.3) is 0 Å². The van der Waals surface area contributed by atoms with Crippen molar-refractivity contribution in [1.29, 1.82) is 0 Å². The van der Waals surface area contributed by atoms with Gasteiger partial charge in [0.05, 0.1) is 0 Å². The summed E-state index contributed by atoms with van der Waals surface area (Å²) in [5.74, 6) is 0.335. The molecule has 7 heteroatoms. The number of pyridine rings is 1. The van der Waals surface area contributed by atoms with E-state index in [9.17, 15) is 8.42 Å². The van der Waals surface area contributed by atoms with Crippen molar-refractivity contribution in [2.45, 2.75) is 32.1 Å². The van der Waals surface area contributed by atoms with Crippen LogP contribution in [0.2, 0.25) is 0 Å². The molecule has 1 aromatic rings. The van der Waals surface area contributed by atoms with E-state index in [1.54, 1.807) is 0 Å². The van der Waals surface area contributed by atoms with Gasteiger partial charge >= 0.3 is 0 Å². The van der Waals surface area contributed by atoms with Gasteiger partial charge in [-0.1, -0.05) is 27.2 Å². The molecular formula is C12H20BrN3O2S. The van der Waals surface area contributed by atoms with Crippen LogP contribution in [-0.4, -0.2) is 30.8 Å². The van der Waals surface area contributed by atoms with Gasteiger partial charge in [0.1, 0.15) is 10.7 Å². The Morgan fingerprint density at radius 1 is 1.47 bits per heavy atom. The SMILES string of the molecule is CCC(C)CN(CC)S(=O)(=O)c1cc(Br)cnc1N. The van der Waals surface area contributed by atoms with Crippen LogP contribution in [-0.2, 0) is 10.0 Å². The summed E-state index contributed by atoms with van der Waals surface area (Å²) in [6, 6.07) is 1.50. The Hall–Kier alpha value is -0.660. The molecular weight excluding hydrogens is 330 g/mol. The maximum atomic E-state index is 12.6. The molecule has 2 N–H and O–H groups in total. The third-order valence-corrected chi connectivity index (χ3v) is 5.43. The molecule has 0 aliphatic rings. The zero-order valence-corrected chi connectivity index (χ0v) is 13.8. The molecule has 0 amide bonds. The summed E-state index contributed by atoms with van der Waals surface area (Å²) in [5.41, 5.74) is 5.69. The summed E-state index contributed by atoms with van der Waals surface area (Å²) in [6.45, 7) is 6.79. The lowest BCUT2D eigenvalue weighted by atomic mass is 10.1. The molecule has 0 fully saturated rings. The van der Waals surface area contributed by atoms with Gasteiger partial charge in [-0.3, -0.25) is 0 Å². The van der Waals surface area contributed by atoms with E-state index in [1.807, 2.05) is 20.8 Å². The fourth-order valence-electron chi connectivity index (χ4n) is 1.65. The van der Waals surface area contributed by atoms with Crippen LogP contribution < -0.4 is 5.73 Å². The van der Waals surface area contributed by atoms with Crippen LogP contribution >= 0.6 is 15.9 Å². The molecule has 0 radical (unpaired) electrons. The fourth-order valence-corrected chi connectivity index (χ4v) is 3.80. The third-order valence-electron chi connectivity index (χ3n) is 3.03. The van der Waals surface area contributed by atoms with Crippen LogP contribution in [0.1, 0.15) is 27.2 Å². The summed E-state index contributed by atoms with van der Waals surface area (Å²) in [6.07, 6.45) is 2.41. The van der Waals surface area contributed by atoms with Crippen molar-refractivity contribution in [3.63, 3.8) is 0 Å². The molecule has 0 spiro atoms. The normalized spacial score (nSPS) is 13.7. The highest BCUT2D eigenvalue weighted by Crippen LogP contribution is 2.24. The highest BCUT2D eigenvalue weighted by Gasteiger charge is 2.27. The molecule has 0 aliphatic carbocycles. The summed E-state index contributed by atoms with van der Waals surface area (Å²) < 4.78 is 27.2. The minimum atomic E-state index is -3.59. The number of nitrogens with two attached hydrogens (primary N) is 1. The zero-order chi connectivity index (χ0) is 14.6. The number of nitrogen functional groups attached to an aromatic ring is 1. The van der Waals surface area contributed by atoms with Crippen LogP contribution in [0.3, 0.4) is 0 Å². The fraction of sp³-hybridized carbons (Fsp3) is 0.583. The first kappa shape index (κ1) is 16.4. The Morgan fingerprint density at radius 2 is 2.11 bits per heavy atom. The lowest BCUT2D eigenvalue weighted by molar-refractivity contribution is 0.361. The largest absolute Gasteiger partial charge is 0.383 e. The molecule has 0 saturated heterocycles. The number of sulfonamides is 1. The van der Waals surface area contributed by atoms with Crippen molar-refractivity contribution in [2.75, 3.05) is 18.8 Å². The quantitative estimate of drug-likeness (QED) is 0.855. The molecule has 1 unspecified atom stereocenters. The summed E-state index contributed by atoms with van der Waals surface area (Å²) >= 11 is 3.22. The molecule has 1 heterocycles. The smallest absolute Gasteiger partial charge is 0.246 e. The van der Waals surface area contributed by atoms with Gasteiger partial charge in [-0.2, -0.15) is 4.31 Å².